The molecular weight excluding hydrogens is 383 g/mol. The lowest BCUT2D eigenvalue weighted by molar-refractivity contribution is -0.139. The zero-order chi connectivity index (χ0) is 19.1. The average Bonchev–Trinajstić information content (AvgIpc) is 3.02. The summed E-state index contributed by atoms with van der Waals surface area (Å²) in [5.41, 5.74) is 0.576. The van der Waals surface area contributed by atoms with E-state index in [0.29, 0.717) is 16.0 Å². The molecule has 0 atom stereocenters. The Morgan fingerprint density at radius 2 is 1.77 bits per heavy atom. The van der Waals surface area contributed by atoms with Crippen molar-refractivity contribution >= 4 is 39.3 Å². The summed E-state index contributed by atoms with van der Waals surface area (Å²) in [6.45, 7) is 3.18. The van der Waals surface area contributed by atoms with Crippen LogP contribution in [0.15, 0.2) is 47.5 Å². The highest BCUT2D eigenvalue weighted by Gasteiger charge is 2.32. The molecule has 136 valence electrons. The van der Waals surface area contributed by atoms with E-state index in [2.05, 4.69) is 4.37 Å². The number of alkyl halides is 3. The van der Waals surface area contributed by atoms with E-state index in [1.165, 1.54) is 23.7 Å². The Balaban J connectivity index is 2.15. The normalized spacial score (nSPS) is 12.5. The molecule has 1 N–H and O–H groups in total. The van der Waals surface area contributed by atoms with Crippen molar-refractivity contribution in [2.75, 3.05) is 0 Å². The van der Waals surface area contributed by atoms with Gasteiger partial charge in [0.1, 0.15) is 4.75 Å². The Morgan fingerprint density at radius 1 is 1.12 bits per heavy atom. The number of aromatic nitrogens is 1. The summed E-state index contributed by atoms with van der Waals surface area (Å²) in [5.74, 6) is -0.967. The first-order valence-corrected chi connectivity index (χ1v) is 9.16. The number of fused-ring (bicyclic) bond motifs is 1. The van der Waals surface area contributed by atoms with Crippen molar-refractivity contribution < 1.29 is 23.1 Å². The molecule has 0 saturated carbocycles. The Kier molecular flexibility index (Phi) is 4.74. The number of carbonyl (C=O) groups is 1. The highest BCUT2D eigenvalue weighted by Crippen LogP contribution is 2.44. The minimum absolute atomic E-state index is 0.594. The maximum atomic E-state index is 12.8. The molecule has 0 fully saturated rings. The Morgan fingerprint density at radius 3 is 2.35 bits per heavy atom. The lowest BCUT2D eigenvalue weighted by atomic mass is 10.0. The van der Waals surface area contributed by atoms with Crippen LogP contribution in [-0.4, -0.2) is 20.2 Å². The number of halogens is 3. The molecule has 0 aliphatic carbocycles. The van der Waals surface area contributed by atoms with E-state index in [4.69, 9.17) is 0 Å². The van der Waals surface area contributed by atoms with Crippen LogP contribution in [0.1, 0.15) is 19.4 Å². The smallest absolute Gasteiger partial charge is 0.416 e. The topological polar surface area (TPSA) is 50.2 Å². The number of thioether (sulfide) groups is 1. The fourth-order valence-electron chi connectivity index (χ4n) is 2.42. The minimum atomic E-state index is -4.40. The van der Waals surface area contributed by atoms with E-state index in [1.54, 1.807) is 26.1 Å². The Hall–Kier alpha value is -2.06. The van der Waals surface area contributed by atoms with Crippen molar-refractivity contribution in [2.24, 2.45) is 0 Å². The van der Waals surface area contributed by atoms with Gasteiger partial charge in [-0.05, 0) is 49.1 Å². The first-order chi connectivity index (χ1) is 12.1. The van der Waals surface area contributed by atoms with Gasteiger partial charge in [-0.3, -0.25) is 4.79 Å². The second-order valence-electron chi connectivity index (χ2n) is 6.18. The quantitative estimate of drug-likeness (QED) is 0.554. The second kappa shape index (κ2) is 6.59. The SMILES string of the molecule is CC(C)(Sc1ccc2cnsc2c1-c1ccc(C(F)(F)F)cc1)C(=O)O. The van der Waals surface area contributed by atoms with Crippen LogP contribution in [0.25, 0.3) is 21.2 Å². The van der Waals surface area contributed by atoms with E-state index in [-0.39, 0.29) is 0 Å². The van der Waals surface area contributed by atoms with Crippen LogP contribution in [0.5, 0.6) is 0 Å². The van der Waals surface area contributed by atoms with Gasteiger partial charge in [0.15, 0.2) is 0 Å². The van der Waals surface area contributed by atoms with Gasteiger partial charge in [-0.15, -0.1) is 11.8 Å². The van der Waals surface area contributed by atoms with Gasteiger partial charge in [0.25, 0.3) is 0 Å². The maximum Gasteiger partial charge on any atom is 0.416 e. The van der Waals surface area contributed by atoms with Gasteiger partial charge in [0, 0.05) is 22.0 Å². The van der Waals surface area contributed by atoms with Gasteiger partial charge in [0.05, 0.1) is 10.3 Å². The molecule has 1 aromatic heterocycles. The van der Waals surface area contributed by atoms with E-state index in [1.807, 2.05) is 6.07 Å². The van der Waals surface area contributed by atoms with E-state index in [9.17, 15) is 23.1 Å². The average molecular weight is 397 g/mol. The van der Waals surface area contributed by atoms with Gasteiger partial charge in [0.2, 0.25) is 0 Å². The minimum Gasteiger partial charge on any atom is -0.480 e. The summed E-state index contributed by atoms with van der Waals surface area (Å²) in [7, 11) is 0. The van der Waals surface area contributed by atoms with Crippen LogP contribution in [0.4, 0.5) is 13.2 Å². The number of rotatable bonds is 4. The molecule has 8 heteroatoms. The van der Waals surface area contributed by atoms with Gasteiger partial charge < -0.3 is 5.11 Å². The number of aliphatic carboxylic acids is 1. The molecule has 3 aromatic rings. The summed E-state index contributed by atoms with van der Waals surface area (Å²) in [5, 5.41) is 10.3. The number of nitrogens with zero attached hydrogens (tertiary/aromatic N) is 1. The molecule has 3 nitrogen and oxygen atoms in total. The van der Waals surface area contributed by atoms with Gasteiger partial charge in [-0.2, -0.15) is 17.5 Å². The largest absolute Gasteiger partial charge is 0.480 e. The van der Waals surface area contributed by atoms with Crippen molar-refractivity contribution in [3.05, 3.63) is 48.2 Å². The second-order valence-corrected chi connectivity index (χ2v) is 8.64. The monoisotopic (exact) mass is 397 g/mol. The summed E-state index contributed by atoms with van der Waals surface area (Å²) in [6, 6.07) is 8.52. The fraction of sp³-hybridized carbons (Fsp3) is 0.222. The highest BCUT2D eigenvalue weighted by atomic mass is 32.2. The molecule has 26 heavy (non-hydrogen) atoms. The van der Waals surface area contributed by atoms with E-state index in [0.717, 1.165) is 34.0 Å². The molecule has 0 radical (unpaired) electrons. The van der Waals surface area contributed by atoms with Crippen molar-refractivity contribution in [3.63, 3.8) is 0 Å². The Labute approximate surface area is 156 Å². The van der Waals surface area contributed by atoms with Crippen LogP contribution >= 0.6 is 23.3 Å². The molecule has 0 unspecified atom stereocenters. The third-order valence-corrected chi connectivity index (χ3v) is 5.95. The zero-order valence-electron chi connectivity index (χ0n) is 13.8. The first-order valence-electron chi connectivity index (χ1n) is 7.57. The molecular formula is C18H14F3NO2S2. The molecule has 0 saturated heterocycles. The van der Waals surface area contributed by atoms with E-state index >= 15 is 0 Å². The number of hydrogen-bond acceptors (Lipinski definition) is 4. The van der Waals surface area contributed by atoms with Crippen LogP contribution < -0.4 is 0 Å². The summed E-state index contributed by atoms with van der Waals surface area (Å²) in [4.78, 5) is 12.2. The third-order valence-electron chi connectivity index (χ3n) is 3.87. The van der Waals surface area contributed by atoms with Gasteiger partial charge >= 0.3 is 12.1 Å². The molecule has 0 spiro atoms. The summed E-state index contributed by atoms with van der Waals surface area (Å²) >= 11 is 2.39. The van der Waals surface area contributed by atoms with Crippen molar-refractivity contribution in [1.29, 1.82) is 0 Å². The number of carboxylic acids is 1. The fourth-order valence-corrected chi connectivity index (χ4v) is 4.40. The first kappa shape index (κ1) is 18.7. The van der Waals surface area contributed by atoms with Crippen LogP contribution in [0.2, 0.25) is 0 Å². The van der Waals surface area contributed by atoms with Crippen molar-refractivity contribution in [1.82, 2.24) is 4.37 Å². The summed E-state index contributed by atoms with van der Waals surface area (Å²) < 4.78 is 42.4. The van der Waals surface area contributed by atoms with Gasteiger partial charge in [-0.25, -0.2) is 0 Å². The highest BCUT2D eigenvalue weighted by molar-refractivity contribution is 8.01. The molecule has 0 aliphatic rings. The molecule has 3 rings (SSSR count). The molecule has 0 aliphatic heterocycles. The van der Waals surface area contributed by atoms with E-state index < -0.39 is 22.5 Å². The third kappa shape index (κ3) is 3.57. The summed E-state index contributed by atoms with van der Waals surface area (Å²) in [6.07, 6.45) is -2.72. The molecule has 2 aromatic carbocycles. The lowest BCUT2D eigenvalue weighted by Gasteiger charge is -2.21. The van der Waals surface area contributed by atoms with Gasteiger partial charge in [-0.1, -0.05) is 18.2 Å². The number of hydrogen-bond donors (Lipinski definition) is 1. The predicted molar refractivity (Wildman–Crippen MR) is 97.6 cm³/mol. The van der Waals surface area contributed by atoms with Crippen molar-refractivity contribution in [2.45, 2.75) is 29.7 Å². The number of carboxylic acid groups (broad SMARTS) is 1. The van der Waals surface area contributed by atoms with Crippen LogP contribution in [-0.2, 0) is 11.0 Å². The lowest BCUT2D eigenvalue weighted by Crippen LogP contribution is -2.26. The van der Waals surface area contributed by atoms with Crippen LogP contribution in [0.3, 0.4) is 0 Å². The maximum absolute atomic E-state index is 12.8. The molecule has 0 bridgehead atoms. The zero-order valence-corrected chi connectivity index (χ0v) is 15.4. The predicted octanol–water partition coefficient (Wildman–Crippen LogP) is 5.94. The Bertz CT molecular complexity index is 963. The van der Waals surface area contributed by atoms with Crippen LogP contribution in [0, 0.1) is 0 Å². The number of benzene rings is 2. The standard InChI is InChI=1S/C18H14F3NO2S2/c1-17(2,16(23)24)25-13-8-5-11-9-22-26-15(11)14(13)10-3-6-12(7-4-10)18(19,20)21/h3-9H,1-2H3,(H,23,24). The molecule has 1 heterocycles. The molecule has 0 amide bonds. The van der Waals surface area contributed by atoms with Crippen molar-refractivity contribution in [3.8, 4) is 11.1 Å².